The van der Waals surface area contributed by atoms with E-state index in [1.165, 1.54) is 77.2 Å². The van der Waals surface area contributed by atoms with Crippen LogP contribution in [-0.2, 0) is 15.6 Å². The van der Waals surface area contributed by atoms with Gasteiger partial charge < -0.3 is 0 Å². The second kappa shape index (κ2) is 11.6. The standard InChI is InChI=1S/C21H17.C20H15.C2H7Si.2ClH.Zr/c1-2-15-13-17-9-6-12-20(21(17)14-15)19-11-5-8-16-7-3-4-10-18(16)19;1-14-12-16-8-5-11-19(20(16)13-14)18-10-4-7-15-6-2-3-9-17(15)18;1-3-2;;;/h3-14H,2H2,1H3;2-13H,1H3;3H,1-2H3;2*1H;/q;;;;;+2/p-2. The number of hydrogen-bond donors (Lipinski definition) is 0. The van der Waals surface area contributed by atoms with E-state index in [9.17, 15) is 0 Å². The van der Waals surface area contributed by atoms with Gasteiger partial charge in [-0.25, -0.2) is 0 Å². The third-order valence-electron chi connectivity index (χ3n) is 11.2. The molecule has 2 aliphatic rings. The number of benzene rings is 6. The van der Waals surface area contributed by atoms with Crippen molar-refractivity contribution in [2.24, 2.45) is 0 Å². The normalized spacial score (nSPS) is 18.1. The van der Waals surface area contributed by atoms with Crippen LogP contribution in [0.2, 0.25) is 13.1 Å². The van der Waals surface area contributed by atoms with Gasteiger partial charge in [0.1, 0.15) is 0 Å². The van der Waals surface area contributed by atoms with Crippen LogP contribution in [0.15, 0.2) is 132 Å². The van der Waals surface area contributed by atoms with Crippen molar-refractivity contribution in [3.8, 4) is 22.3 Å². The first-order valence-electron chi connectivity index (χ1n) is 16.9. The van der Waals surface area contributed by atoms with Gasteiger partial charge in [0.05, 0.1) is 0 Å². The van der Waals surface area contributed by atoms with Gasteiger partial charge in [-0.2, -0.15) is 0 Å². The molecule has 2 unspecified atom stereocenters. The van der Waals surface area contributed by atoms with Crippen molar-refractivity contribution >= 4 is 56.6 Å². The Bertz CT molecular complexity index is 2290. The predicted octanol–water partition coefficient (Wildman–Crippen LogP) is 13.3. The van der Waals surface area contributed by atoms with Gasteiger partial charge in [-0.1, -0.05) is 0 Å². The molecule has 0 bridgehead atoms. The molecule has 0 heterocycles. The molecule has 47 heavy (non-hydrogen) atoms. The number of fused-ring (bicyclic) bond motifs is 4. The Hall–Kier alpha value is -3.00. The molecule has 0 aromatic heterocycles. The molecule has 0 saturated carbocycles. The molecule has 0 aliphatic heterocycles. The predicted molar refractivity (Wildman–Crippen MR) is 207 cm³/mol. The summed E-state index contributed by atoms with van der Waals surface area (Å²) in [4.78, 5) is 0. The zero-order valence-electron chi connectivity index (χ0n) is 27.4. The van der Waals surface area contributed by atoms with Gasteiger partial charge in [0.2, 0.25) is 0 Å². The minimum atomic E-state index is -4.81. The van der Waals surface area contributed by atoms with Gasteiger partial charge >= 0.3 is 290 Å². The number of hydrogen-bond acceptors (Lipinski definition) is 0. The van der Waals surface area contributed by atoms with Crippen molar-refractivity contribution in [3.63, 3.8) is 0 Å². The second-order valence-electron chi connectivity index (χ2n) is 13.9. The van der Waals surface area contributed by atoms with Crippen LogP contribution in [0, 0.1) is 0 Å². The molecule has 0 amide bonds. The van der Waals surface area contributed by atoms with Crippen LogP contribution in [0.3, 0.4) is 0 Å². The molecule has 0 fully saturated rings. The van der Waals surface area contributed by atoms with E-state index >= 15 is 0 Å². The van der Waals surface area contributed by atoms with Gasteiger partial charge in [0.15, 0.2) is 0 Å². The van der Waals surface area contributed by atoms with Crippen molar-refractivity contribution in [1.29, 1.82) is 0 Å². The van der Waals surface area contributed by atoms with E-state index < -0.39 is 21.5 Å². The summed E-state index contributed by atoms with van der Waals surface area (Å²) in [6.45, 7) is 9.46. The fourth-order valence-electron chi connectivity index (χ4n) is 8.93. The van der Waals surface area contributed by atoms with E-state index in [2.05, 4.69) is 160 Å². The Morgan fingerprint density at radius 1 is 0.553 bits per heavy atom. The first-order chi connectivity index (χ1) is 22.7. The third-order valence-corrected chi connectivity index (χ3v) is 63.3. The van der Waals surface area contributed by atoms with Crippen LogP contribution in [0.5, 0.6) is 0 Å². The average molecular weight is 746 g/mol. The summed E-state index contributed by atoms with van der Waals surface area (Å²) in [6, 6.07) is 44.4. The van der Waals surface area contributed by atoms with E-state index in [1.54, 1.807) is 0 Å². The van der Waals surface area contributed by atoms with Crippen LogP contribution in [0.1, 0.15) is 49.8 Å². The summed E-state index contributed by atoms with van der Waals surface area (Å²) >= 11 is -4.81. The van der Waals surface area contributed by atoms with Gasteiger partial charge in [0.25, 0.3) is 0 Å². The van der Waals surface area contributed by atoms with Gasteiger partial charge in [-0.05, 0) is 0 Å². The zero-order chi connectivity index (χ0) is 32.5. The van der Waals surface area contributed by atoms with E-state index in [-0.39, 0.29) is 7.25 Å². The van der Waals surface area contributed by atoms with E-state index in [1.807, 2.05) is 0 Å². The van der Waals surface area contributed by atoms with Crippen molar-refractivity contribution in [3.05, 3.63) is 155 Å². The quantitative estimate of drug-likeness (QED) is 0.149. The maximum atomic E-state index is 8.61. The molecule has 0 radical (unpaired) electrons. The average Bonchev–Trinajstić information content (AvgIpc) is 3.66. The molecule has 0 saturated heterocycles. The van der Waals surface area contributed by atoms with Crippen molar-refractivity contribution in [2.75, 3.05) is 0 Å². The first-order valence-corrected chi connectivity index (χ1v) is 33.2. The molecular weight excluding hydrogens is 707 g/mol. The molecule has 233 valence electrons. The summed E-state index contributed by atoms with van der Waals surface area (Å²) in [5, 5.41) is 5.08. The molecule has 2 atom stereocenters. The molecule has 0 N–H and O–H groups in total. The van der Waals surface area contributed by atoms with Crippen LogP contribution < -0.4 is 0 Å². The number of halogens is 2. The van der Waals surface area contributed by atoms with Crippen molar-refractivity contribution < 1.29 is 15.6 Å². The SMILES string of the molecule is CCC1=Cc2c(-c3cccc4ccccc34)cccc2[CH]1[Zr]([Cl])([Cl])([CH]1C(C)=Cc2c(-c3cccc4ccccc34)cccc21)[SiH](C)C. The Labute approximate surface area is 287 Å². The summed E-state index contributed by atoms with van der Waals surface area (Å²) in [5.74, 6) is -1.63. The van der Waals surface area contributed by atoms with Crippen molar-refractivity contribution in [2.45, 2.75) is 40.6 Å². The number of allylic oxidation sites excluding steroid dienone is 2. The summed E-state index contributed by atoms with van der Waals surface area (Å²) < 4.78 is 0.158. The van der Waals surface area contributed by atoms with Crippen molar-refractivity contribution in [1.82, 2.24) is 0 Å². The summed E-state index contributed by atoms with van der Waals surface area (Å²) in [7, 11) is 17.2. The van der Waals surface area contributed by atoms with Gasteiger partial charge in [-0.3, -0.25) is 0 Å². The fraction of sp³-hybridized carbons (Fsp3) is 0.163. The molecule has 6 aromatic carbocycles. The minimum absolute atomic E-state index is 0.0727. The zero-order valence-corrected chi connectivity index (χ0v) is 32.5. The summed E-state index contributed by atoms with van der Waals surface area (Å²) in [5.41, 5.74) is 13.1. The Balaban J connectivity index is 1.33. The van der Waals surface area contributed by atoms with E-state index in [0.29, 0.717) is 0 Å². The monoisotopic (exact) mass is 743 g/mol. The van der Waals surface area contributed by atoms with Gasteiger partial charge in [-0.15, -0.1) is 0 Å². The molecule has 6 aromatic rings. The second-order valence-corrected chi connectivity index (χ2v) is 56.4. The molecule has 0 spiro atoms. The molecular formula is C43H39Cl2SiZr. The first kappa shape index (κ1) is 31.3. The third kappa shape index (κ3) is 4.63. The van der Waals surface area contributed by atoms with E-state index in [0.717, 1.165) is 6.42 Å². The van der Waals surface area contributed by atoms with Crippen LogP contribution in [0.25, 0.3) is 56.0 Å². The van der Waals surface area contributed by atoms with Crippen LogP contribution >= 0.6 is 17.0 Å². The maximum absolute atomic E-state index is 8.61. The molecule has 4 heteroatoms. The Morgan fingerprint density at radius 3 is 1.53 bits per heavy atom. The topological polar surface area (TPSA) is 0 Å². The van der Waals surface area contributed by atoms with Gasteiger partial charge in [0, 0.05) is 0 Å². The van der Waals surface area contributed by atoms with E-state index in [4.69, 9.17) is 17.0 Å². The molecule has 2 aliphatic carbocycles. The molecule has 0 nitrogen and oxygen atoms in total. The molecule has 8 rings (SSSR count). The Kier molecular flexibility index (Phi) is 7.69. The van der Waals surface area contributed by atoms with Crippen LogP contribution in [-0.4, -0.2) is 5.92 Å². The Morgan fingerprint density at radius 2 is 1.00 bits per heavy atom. The number of rotatable bonds is 6. The van der Waals surface area contributed by atoms with Crippen LogP contribution in [0.4, 0.5) is 0 Å². The summed E-state index contributed by atoms with van der Waals surface area (Å²) in [6.07, 6.45) is 5.83. The fourth-order valence-corrected chi connectivity index (χ4v) is 41.3.